The standard InChI is InChI=1S/C12H14N2O2/c1-3-12(4-2,9-13)10-5-7-11(8-6-10)14(15)16/h5-8H,3-4H2,1-2H3. The van der Waals surface area contributed by atoms with E-state index in [1.165, 1.54) is 12.1 Å². The molecule has 0 N–H and O–H groups in total. The number of nitro groups is 1. The molecule has 0 aliphatic heterocycles. The highest BCUT2D eigenvalue weighted by atomic mass is 16.6. The van der Waals surface area contributed by atoms with E-state index in [0.717, 1.165) is 5.56 Å². The fraction of sp³-hybridized carbons (Fsp3) is 0.417. The maximum absolute atomic E-state index is 10.5. The van der Waals surface area contributed by atoms with Crippen molar-refractivity contribution in [1.29, 1.82) is 5.26 Å². The van der Waals surface area contributed by atoms with Crippen molar-refractivity contribution in [3.8, 4) is 6.07 Å². The van der Waals surface area contributed by atoms with E-state index in [1.807, 2.05) is 13.8 Å². The van der Waals surface area contributed by atoms with Crippen LogP contribution in [-0.2, 0) is 5.41 Å². The van der Waals surface area contributed by atoms with Gasteiger partial charge >= 0.3 is 0 Å². The number of nitro benzene ring substituents is 1. The van der Waals surface area contributed by atoms with E-state index >= 15 is 0 Å². The van der Waals surface area contributed by atoms with Crippen LogP contribution in [-0.4, -0.2) is 4.92 Å². The quantitative estimate of drug-likeness (QED) is 0.575. The van der Waals surface area contributed by atoms with Crippen molar-refractivity contribution >= 4 is 5.69 Å². The van der Waals surface area contributed by atoms with Crippen molar-refractivity contribution in [3.05, 3.63) is 39.9 Å². The average Bonchev–Trinajstić information content (AvgIpc) is 2.33. The van der Waals surface area contributed by atoms with Crippen molar-refractivity contribution < 1.29 is 4.92 Å². The van der Waals surface area contributed by atoms with Gasteiger partial charge in [0.2, 0.25) is 0 Å². The Morgan fingerprint density at radius 2 is 1.81 bits per heavy atom. The summed E-state index contributed by atoms with van der Waals surface area (Å²) >= 11 is 0. The lowest BCUT2D eigenvalue weighted by molar-refractivity contribution is -0.384. The van der Waals surface area contributed by atoms with E-state index in [0.29, 0.717) is 12.8 Å². The topological polar surface area (TPSA) is 66.9 Å². The van der Waals surface area contributed by atoms with Crippen LogP contribution in [0.4, 0.5) is 5.69 Å². The summed E-state index contributed by atoms with van der Waals surface area (Å²) in [5, 5.41) is 19.7. The summed E-state index contributed by atoms with van der Waals surface area (Å²) in [6.45, 7) is 3.91. The van der Waals surface area contributed by atoms with Crippen LogP contribution in [0.5, 0.6) is 0 Å². The number of nitriles is 1. The molecule has 0 saturated carbocycles. The number of benzene rings is 1. The predicted octanol–water partition coefficient (Wildman–Crippen LogP) is 3.18. The van der Waals surface area contributed by atoms with Crippen LogP contribution in [0, 0.1) is 21.4 Å². The third-order valence-electron chi connectivity index (χ3n) is 3.05. The van der Waals surface area contributed by atoms with E-state index in [9.17, 15) is 15.4 Å². The van der Waals surface area contributed by atoms with Gasteiger partial charge in [-0.1, -0.05) is 26.0 Å². The molecule has 0 spiro atoms. The van der Waals surface area contributed by atoms with Crippen LogP contribution < -0.4 is 0 Å². The van der Waals surface area contributed by atoms with Gasteiger partial charge in [-0.25, -0.2) is 0 Å². The first kappa shape index (κ1) is 12.2. The van der Waals surface area contributed by atoms with Crippen molar-refractivity contribution in [3.63, 3.8) is 0 Å². The monoisotopic (exact) mass is 218 g/mol. The Labute approximate surface area is 94.7 Å². The summed E-state index contributed by atoms with van der Waals surface area (Å²) in [6, 6.07) is 8.56. The maximum Gasteiger partial charge on any atom is 0.269 e. The maximum atomic E-state index is 10.5. The Hall–Kier alpha value is -1.89. The second-order valence-electron chi connectivity index (χ2n) is 3.71. The second-order valence-corrected chi connectivity index (χ2v) is 3.71. The molecule has 16 heavy (non-hydrogen) atoms. The number of rotatable bonds is 4. The lowest BCUT2D eigenvalue weighted by Crippen LogP contribution is -2.21. The van der Waals surface area contributed by atoms with Gasteiger partial charge < -0.3 is 0 Å². The molecule has 1 aromatic carbocycles. The molecular formula is C12H14N2O2. The zero-order chi connectivity index (χ0) is 12.2. The van der Waals surface area contributed by atoms with E-state index in [2.05, 4.69) is 6.07 Å². The molecule has 0 fully saturated rings. The average molecular weight is 218 g/mol. The summed E-state index contributed by atoms with van der Waals surface area (Å²) in [5.41, 5.74) is 0.392. The van der Waals surface area contributed by atoms with Gasteiger partial charge in [-0.3, -0.25) is 10.1 Å². The molecule has 1 aromatic rings. The van der Waals surface area contributed by atoms with E-state index < -0.39 is 10.3 Å². The minimum absolute atomic E-state index is 0.0581. The Kier molecular flexibility index (Phi) is 3.62. The molecule has 0 radical (unpaired) electrons. The third-order valence-corrected chi connectivity index (χ3v) is 3.05. The molecule has 0 amide bonds. The minimum Gasteiger partial charge on any atom is -0.258 e. The molecule has 0 aliphatic carbocycles. The largest absolute Gasteiger partial charge is 0.269 e. The Balaban J connectivity index is 3.14. The molecule has 0 bridgehead atoms. The van der Waals surface area contributed by atoms with Crippen molar-refractivity contribution in [1.82, 2.24) is 0 Å². The smallest absolute Gasteiger partial charge is 0.258 e. The lowest BCUT2D eigenvalue weighted by atomic mass is 9.77. The highest BCUT2D eigenvalue weighted by Gasteiger charge is 2.28. The number of hydrogen-bond donors (Lipinski definition) is 0. The van der Waals surface area contributed by atoms with Gasteiger partial charge in [-0.15, -0.1) is 0 Å². The number of non-ortho nitro benzene ring substituents is 1. The number of hydrogen-bond acceptors (Lipinski definition) is 3. The van der Waals surface area contributed by atoms with Gasteiger partial charge in [0, 0.05) is 12.1 Å². The Morgan fingerprint density at radius 1 is 1.31 bits per heavy atom. The summed E-state index contributed by atoms with van der Waals surface area (Å²) in [4.78, 5) is 10.1. The Bertz CT molecular complexity index is 414. The van der Waals surface area contributed by atoms with Crippen LogP contribution in [0.3, 0.4) is 0 Å². The van der Waals surface area contributed by atoms with Crippen molar-refractivity contribution in [2.75, 3.05) is 0 Å². The molecule has 1 rings (SSSR count). The van der Waals surface area contributed by atoms with Gasteiger partial charge in [-0.05, 0) is 18.4 Å². The summed E-state index contributed by atoms with van der Waals surface area (Å²) in [5.74, 6) is 0. The van der Waals surface area contributed by atoms with Crippen molar-refractivity contribution in [2.45, 2.75) is 32.1 Å². The summed E-state index contributed by atoms with van der Waals surface area (Å²) < 4.78 is 0. The fourth-order valence-corrected chi connectivity index (χ4v) is 1.78. The molecular weight excluding hydrogens is 204 g/mol. The van der Waals surface area contributed by atoms with Crippen LogP contribution in [0.25, 0.3) is 0 Å². The molecule has 4 nitrogen and oxygen atoms in total. The highest BCUT2D eigenvalue weighted by molar-refractivity contribution is 5.39. The molecule has 0 heterocycles. The van der Waals surface area contributed by atoms with Crippen molar-refractivity contribution in [2.24, 2.45) is 0 Å². The number of nitrogens with zero attached hydrogens (tertiary/aromatic N) is 2. The van der Waals surface area contributed by atoms with Crippen LogP contribution in [0.2, 0.25) is 0 Å². The SMILES string of the molecule is CCC(C#N)(CC)c1ccc([N+](=O)[O-])cc1. The second kappa shape index (κ2) is 4.75. The zero-order valence-electron chi connectivity index (χ0n) is 9.43. The molecule has 0 saturated heterocycles. The van der Waals surface area contributed by atoms with Gasteiger partial charge in [0.15, 0.2) is 0 Å². The Morgan fingerprint density at radius 3 is 2.12 bits per heavy atom. The van der Waals surface area contributed by atoms with Gasteiger partial charge in [-0.2, -0.15) is 5.26 Å². The third kappa shape index (κ3) is 2.03. The minimum atomic E-state index is -0.519. The molecule has 0 unspecified atom stereocenters. The molecule has 84 valence electrons. The van der Waals surface area contributed by atoms with E-state index in [4.69, 9.17) is 0 Å². The van der Waals surface area contributed by atoms with Gasteiger partial charge in [0.1, 0.15) is 0 Å². The van der Waals surface area contributed by atoms with E-state index in [1.54, 1.807) is 12.1 Å². The zero-order valence-corrected chi connectivity index (χ0v) is 9.43. The fourth-order valence-electron chi connectivity index (χ4n) is 1.78. The summed E-state index contributed by atoms with van der Waals surface area (Å²) in [6.07, 6.45) is 1.41. The lowest BCUT2D eigenvalue weighted by Gasteiger charge is -2.23. The first-order valence-electron chi connectivity index (χ1n) is 5.26. The van der Waals surface area contributed by atoms with Gasteiger partial charge in [0.25, 0.3) is 5.69 Å². The van der Waals surface area contributed by atoms with E-state index in [-0.39, 0.29) is 5.69 Å². The highest BCUT2D eigenvalue weighted by Crippen LogP contribution is 2.31. The molecule has 0 atom stereocenters. The molecule has 0 aliphatic rings. The first-order chi connectivity index (χ1) is 7.59. The predicted molar refractivity (Wildman–Crippen MR) is 61.0 cm³/mol. The van der Waals surface area contributed by atoms with Crippen LogP contribution in [0.1, 0.15) is 32.3 Å². The first-order valence-corrected chi connectivity index (χ1v) is 5.26. The van der Waals surface area contributed by atoms with Gasteiger partial charge in [0.05, 0.1) is 16.4 Å². The molecule has 4 heteroatoms. The molecule has 0 aromatic heterocycles. The van der Waals surface area contributed by atoms with Crippen LogP contribution in [0.15, 0.2) is 24.3 Å². The summed E-state index contributed by atoms with van der Waals surface area (Å²) in [7, 11) is 0. The normalized spacial score (nSPS) is 10.8. The van der Waals surface area contributed by atoms with Crippen LogP contribution >= 0.6 is 0 Å².